The Balaban J connectivity index is 1.24. The van der Waals surface area contributed by atoms with Crippen molar-refractivity contribution in [3.8, 4) is 11.3 Å². The van der Waals surface area contributed by atoms with Gasteiger partial charge in [-0.1, -0.05) is 65.7 Å². The lowest BCUT2D eigenvalue weighted by Gasteiger charge is -2.31. The number of piperidine rings is 1. The second-order valence-electron chi connectivity index (χ2n) is 8.73. The van der Waals surface area contributed by atoms with Crippen molar-refractivity contribution in [2.45, 2.75) is 29.4 Å². The zero-order chi connectivity index (χ0) is 25.1. The predicted octanol–water partition coefficient (Wildman–Crippen LogP) is 7.44. The molecule has 2 heterocycles. The molecule has 1 atom stereocenters. The van der Waals surface area contributed by atoms with Gasteiger partial charge in [0.2, 0.25) is 0 Å². The summed E-state index contributed by atoms with van der Waals surface area (Å²) in [7, 11) is -1.21. The monoisotopic (exact) mass is 554 g/mol. The maximum Gasteiger partial charge on any atom is 0.254 e. The molecule has 1 unspecified atom stereocenters. The van der Waals surface area contributed by atoms with Crippen LogP contribution in [0.1, 0.15) is 39.7 Å². The van der Waals surface area contributed by atoms with Crippen LogP contribution in [0.2, 0.25) is 10.0 Å². The maximum atomic E-state index is 13.4. The number of likely N-dealkylation sites (tertiary alicyclic amines) is 1. The molecule has 36 heavy (non-hydrogen) atoms. The number of benzene rings is 3. The first kappa shape index (κ1) is 25.2. The maximum absolute atomic E-state index is 13.4. The number of hydrogen-bond acceptors (Lipinski definition) is 4. The molecule has 0 saturated carbocycles. The lowest BCUT2D eigenvalue weighted by molar-refractivity contribution is 0.0712. The first-order chi connectivity index (χ1) is 17.5. The van der Waals surface area contributed by atoms with Gasteiger partial charge >= 0.3 is 0 Å². The Hall–Kier alpha value is -2.51. The number of rotatable bonds is 6. The van der Waals surface area contributed by atoms with Gasteiger partial charge in [-0.3, -0.25) is 9.00 Å². The van der Waals surface area contributed by atoms with Gasteiger partial charge in [-0.25, -0.2) is 4.98 Å². The Bertz CT molecular complexity index is 1400. The summed E-state index contributed by atoms with van der Waals surface area (Å²) in [5, 5.41) is 4.18. The molecule has 184 valence electrons. The minimum absolute atomic E-state index is 0.00439. The standard InChI is InChI=1S/C28H24Cl2N2O2S2/c29-24-11-10-20(16-25(24)30)26-17-35-27(31-26)19-12-14-32(15-13-19)28(33)23-9-5-4-6-21(23)18-36(34)22-7-2-1-3-8-22/h1-11,16-17,19H,12-15,18H2. The highest BCUT2D eigenvalue weighted by molar-refractivity contribution is 7.84. The quantitative estimate of drug-likeness (QED) is 0.248. The lowest BCUT2D eigenvalue weighted by atomic mass is 9.96. The van der Waals surface area contributed by atoms with E-state index < -0.39 is 10.8 Å². The molecule has 4 aromatic rings. The average molecular weight is 556 g/mol. The molecule has 0 aliphatic carbocycles. The Morgan fingerprint density at radius 2 is 1.69 bits per heavy atom. The molecule has 8 heteroatoms. The van der Waals surface area contributed by atoms with Crippen molar-refractivity contribution in [1.82, 2.24) is 9.88 Å². The fourth-order valence-corrected chi connectivity index (χ4v) is 6.87. The lowest BCUT2D eigenvalue weighted by Crippen LogP contribution is -2.38. The minimum Gasteiger partial charge on any atom is -0.339 e. The number of carbonyl (C=O) groups is 1. The van der Waals surface area contributed by atoms with E-state index in [9.17, 15) is 9.00 Å². The Morgan fingerprint density at radius 3 is 2.44 bits per heavy atom. The van der Waals surface area contributed by atoms with Crippen LogP contribution in [0.25, 0.3) is 11.3 Å². The molecular weight excluding hydrogens is 531 g/mol. The highest BCUT2D eigenvalue weighted by atomic mass is 35.5. The zero-order valence-electron chi connectivity index (χ0n) is 19.4. The van der Waals surface area contributed by atoms with Crippen molar-refractivity contribution in [2.24, 2.45) is 0 Å². The highest BCUT2D eigenvalue weighted by Gasteiger charge is 2.27. The second-order valence-corrected chi connectivity index (χ2v) is 11.9. The molecule has 1 fully saturated rings. The molecule has 1 amide bonds. The molecule has 0 N–H and O–H groups in total. The van der Waals surface area contributed by atoms with Crippen molar-refractivity contribution in [1.29, 1.82) is 0 Å². The van der Waals surface area contributed by atoms with Gasteiger partial charge in [0.1, 0.15) is 0 Å². The minimum atomic E-state index is -1.21. The molecular formula is C28H24Cl2N2O2S2. The van der Waals surface area contributed by atoms with E-state index in [2.05, 4.69) is 5.38 Å². The van der Waals surface area contributed by atoms with Gasteiger partial charge < -0.3 is 4.90 Å². The number of halogens is 2. The van der Waals surface area contributed by atoms with Gasteiger partial charge in [-0.2, -0.15) is 0 Å². The summed E-state index contributed by atoms with van der Waals surface area (Å²) in [6, 6.07) is 22.4. The molecule has 3 aromatic carbocycles. The van der Waals surface area contributed by atoms with Crippen molar-refractivity contribution in [3.63, 3.8) is 0 Å². The Labute approximate surface area is 227 Å². The van der Waals surface area contributed by atoms with Crippen LogP contribution in [0.5, 0.6) is 0 Å². The second kappa shape index (κ2) is 11.3. The van der Waals surface area contributed by atoms with Crippen LogP contribution in [-0.4, -0.2) is 33.1 Å². The number of nitrogens with zero attached hydrogens (tertiary/aromatic N) is 2. The summed E-state index contributed by atoms with van der Waals surface area (Å²) in [5.74, 6) is 0.639. The predicted molar refractivity (Wildman–Crippen MR) is 148 cm³/mol. The Morgan fingerprint density at radius 1 is 0.972 bits per heavy atom. The van der Waals surface area contributed by atoms with Gasteiger partial charge in [0.25, 0.3) is 5.91 Å². The van der Waals surface area contributed by atoms with Crippen molar-refractivity contribution in [3.05, 3.63) is 104 Å². The van der Waals surface area contributed by atoms with Crippen LogP contribution in [-0.2, 0) is 16.6 Å². The number of thiazole rings is 1. The zero-order valence-corrected chi connectivity index (χ0v) is 22.5. The van der Waals surface area contributed by atoms with E-state index in [0.29, 0.717) is 40.4 Å². The number of hydrogen-bond donors (Lipinski definition) is 0. The number of aromatic nitrogens is 1. The summed E-state index contributed by atoms with van der Waals surface area (Å²) < 4.78 is 12.9. The SMILES string of the molecule is O=C(c1ccccc1CS(=O)c1ccccc1)N1CCC(c2nc(-c3ccc(Cl)c(Cl)c3)cs2)CC1. The summed E-state index contributed by atoms with van der Waals surface area (Å²) in [4.78, 5) is 21.0. The number of carbonyl (C=O) groups excluding carboxylic acids is 1. The van der Waals surface area contributed by atoms with Crippen LogP contribution in [0.3, 0.4) is 0 Å². The summed E-state index contributed by atoms with van der Waals surface area (Å²) >= 11 is 13.9. The molecule has 4 nitrogen and oxygen atoms in total. The molecule has 0 radical (unpaired) electrons. The van der Waals surface area contributed by atoms with Crippen molar-refractivity contribution in [2.75, 3.05) is 13.1 Å². The smallest absolute Gasteiger partial charge is 0.254 e. The van der Waals surface area contributed by atoms with Crippen LogP contribution >= 0.6 is 34.5 Å². The van der Waals surface area contributed by atoms with Crippen LogP contribution < -0.4 is 0 Å². The van der Waals surface area contributed by atoms with E-state index in [0.717, 1.165) is 39.6 Å². The molecule has 1 aromatic heterocycles. The van der Waals surface area contributed by atoms with Crippen LogP contribution in [0.15, 0.2) is 83.1 Å². The summed E-state index contributed by atoms with van der Waals surface area (Å²) in [5.41, 5.74) is 3.30. The average Bonchev–Trinajstić information content (AvgIpc) is 3.41. The largest absolute Gasteiger partial charge is 0.339 e. The van der Waals surface area contributed by atoms with E-state index >= 15 is 0 Å². The van der Waals surface area contributed by atoms with Gasteiger partial charge in [0.15, 0.2) is 0 Å². The molecule has 1 saturated heterocycles. The van der Waals surface area contributed by atoms with Crippen molar-refractivity contribution < 1.29 is 9.00 Å². The fraction of sp³-hybridized carbons (Fsp3) is 0.214. The Kier molecular flexibility index (Phi) is 7.87. The normalized spacial score (nSPS) is 15.1. The number of amides is 1. The van der Waals surface area contributed by atoms with Crippen molar-refractivity contribution >= 4 is 51.2 Å². The van der Waals surface area contributed by atoms with E-state index in [1.807, 2.05) is 71.6 Å². The van der Waals surface area contributed by atoms with Crippen LogP contribution in [0.4, 0.5) is 0 Å². The summed E-state index contributed by atoms with van der Waals surface area (Å²) in [6.07, 6.45) is 1.72. The van der Waals surface area contributed by atoms with Gasteiger partial charge in [0, 0.05) is 40.4 Å². The van der Waals surface area contributed by atoms with E-state index in [1.165, 1.54) is 0 Å². The highest BCUT2D eigenvalue weighted by Crippen LogP contribution is 2.35. The van der Waals surface area contributed by atoms with E-state index in [4.69, 9.17) is 28.2 Å². The molecule has 1 aliphatic heterocycles. The van der Waals surface area contributed by atoms with Gasteiger partial charge in [-0.05, 0) is 48.7 Å². The third kappa shape index (κ3) is 5.57. The van der Waals surface area contributed by atoms with E-state index in [-0.39, 0.29) is 5.91 Å². The first-order valence-electron chi connectivity index (χ1n) is 11.7. The first-order valence-corrected chi connectivity index (χ1v) is 14.7. The molecule has 1 aliphatic rings. The summed E-state index contributed by atoms with van der Waals surface area (Å²) in [6.45, 7) is 1.34. The molecule has 5 rings (SSSR count). The van der Waals surface area contributed by atoms with E-state index in [1.54, 1.807) is 17.4 Å². The molecule has 0 spiro atoms. The fourth-order valence-electron chi connectivity index (χ4n) is 4.41. The molecule has 0 bridgehead atoms. The third-order valence-electron chi connectivity index (χ3n) is 6.41. The van der Waals surface area contributed by atoms with Gasteiger partial charge in [-0.15, -0.1) is 11.3 Å². The van der Waals surface area contributed by atoms with Crippen LogP contribution in [0, 0.1) is 0 Å². The topological polar surface area (TPSA) is 50.3 Å². The third-order valence-corrected chi connectivity index (χ3v) is 9.53. The van der Waals surface area contributed by atoms with Gasteiger partial charge in [0.05, 0.1) is 37.3 Å².